The third kappa shape index (κ3) is 5.68. The van der Waals surface area contributed by atoms with E-state index in [1.54, 1.807) is 24.5 Å². The number of hydrogen-bond donors (Lipinski definition) is 1. The second kappa shape index (κ2) is 11.5. The number of piperidine rings is 1. The molecule has 0 saturated carbocycles. The molecule has 1 N–H and O–H groups in total. The monoisotopic (exact) mass is 666 g/mol. The zero-order valence-electron chi connectivity index (χ0n) is 25.3. The maximum atomic E-state index is 13.1. The van der Waals surface area contributed by atoms with Crippen LogP contribution in [0.25, 0.3) is 22.6 Å². The molecular weight excluding hydrogens is 637 g/mol. The summed E-state index contributed by atoms with van der Waals surface area (Å²) < 4.78 is 59.8. The van der Waals surface area contributed by atoms with Crippen LogP contribution in [0.15, 0.2) is 48.8 Å². The number of aromatic nitrogens is 7. The number of pyridine rings is 2. The van der Waals surface area contributed by atoms with Gasteiger partial charge in [0.05, 0.1) is 41.4 Å². The third-order valence-electron chi connectivity index (χ3n) is 9.09. The number of benzene rings is 1. The largest absolute Gasteiger partial charge is 0.451 e. The van der Waals surface area contributed by atoms with E-state index >= 15 is 0 Å². The van der Waals surface area contributed by atoms with E-state index in [1.807, 2.05) is 25.1 Å². The van der Waals surface area contributed by atoms with Crippen molar-refractivity contribution < 1.29 is 27.4 Å². The fraction of sp³-hybridized carbons (Fsp3) is 0.406. The summed E-state index contributed by atoms with van der Waals surface area (Å²) in [6.07, 6.45) is 1.46. The van der Waals surface area contributed by atoms with Gasteiger partial charge in [0.1, 0.15) is 17.2 Å². The molecule has 3 aliphatic heterocycles. The first kappa shape index (κ1) is 30.1. The Balaban J connectivity index is 0.996. The lowest BCUT2D eigenvalue weighted by atomic mass is 9.88. The molecule has 1 unspecified atom stereocenters. The lowest BCUT2D eigenvalue weighted by Gasteiger charge is -2.33. The molecule has 7 heterocycles. The molecule has 2 fully saturated rings. The summed E-state index contributed by atoms with van der Waals surface area (Å²) in [5, 5.41) is 7.43. The number of ether oxygens (including phenoxy) is 3. The summed E-state index contributed by atoms with van der Waals surface area (Å²) in [7, 11) is 0. The van der Waals surface area contributed by atoms with Gasteiger partial charge in [-0.15, -0.1) is 10.2 Å². The van der Waals surface area contributed by atoms with E-state index in [9.17, 15) is 13.2 Å². The van der Waals surface area contributed by atoms with E-state index in [0.29, 0.717) is 35.1 Å². The molecule has 47 heavy (non-hydrogen) atoms. The van der Waals surface area contributed by atoms with Crippen molar-refractivity contribution in [2.45, 2.75) is 63.3 Å². The number of imidazole rings is 1. The summed E-state index contributed by atoms with van der Waals surface area (Å²) in [5.41, 5.74) is 3.42. The van der Waals surface area contributed by atoms with Crippen LogP contribution in [-0.4, -0.2) is 65.4 Å². The van der Waals surface area contributed by atoms with E-state index in [1.165, 1.54) is 0 Å². The number of fused-ring (bicyclic) bond motifs is 2. The van der Waals surface area contributed by atoms with Crippen LogP contribution in [0.5, 0.6) is 11.5 Å². The Morgan fingerprint density at radius 1 is 1.04 bits per heavy atom. The number of hydrogen-bond acceptors (Lipinski definition) is 9. The van der Waals surface area contributed by atoms with Crippen molar-refractivity contribution >= 4 is 22.6 Å². The zero-order valence-corrected chi connectivity index (χ0v) is 26.1. The molecule has 1 aromatic carbocycles. The maximum absolute atomic E-state index is 13.1. The third-order valence-corrected chi connectivity index (χ3v) is 9.31. The predicted molar refractivity (Wildman–Crippen MR) is 164 cm³/mol. The molecule has 11 nitrogen and oxygen atoms in total. The lowest BCUT2D eigenvalue weighted by Crippen LogP contribution is -2.35. The topological polar surface area (TPSA) is 116 Å². The summed E-state index contributed by atoms with van der Waals surface area (Å²) in [6, 6.07) is 11.3. The van der Waals surface area contributed by atoms with Crippen LogP contribution in [-0.2, 0) is 29.8 Å². The van der Waals surface area contributed by atoms with E-state index in [0.717, 1.165) is 61.6 Å². The van der Waals surface area contributed by atoms with E-state index in [-0.39, 0.29) is 23.5 Å². The summed E-state index contributed by atoms with van der Waals surface area (Å²) >= 11 is 6.05. The normalized spacial score (nSPS) is 21.8. The van der Waals surface area contributed by atoms with Crippen LogP contribution >= 0.6 is 11.6 Å². The van der Waals surface area contributed by atoms with Crippen LogP contribution in [0.1, 0.15) is 55.0 Å². The van der Waals surface area contributed by atoms with Crippen LogP contribution in [0.2, 0.25) is 5.02 Å². The standard InChI is InChI=1S/C32H30ClF3N8O3/c1-31(26-6-5-19(33)14-38-26)46-25-4-2-3-21(28(25)47-31)18-7-10-43(11-8-18)17-27-39-22-13-23(29-40-30(42-41-29)32(34,35)36)37-15-24(22)44(27)16-20-9-12-45-20/h2-6,13-15,18,20H,7-12,16-17H2,1H3,(H,40,41,42)/t20-,31?/m0/s1. The Morgan fingerprint density at radius 3 is 2.57 bits per heavy atom. The highest BCUT2D eigenvalue weighted by Crippen LogP contribution is 2.49. The van der Waals surface area contributed by atoms with Crippen LogP contribution < -0.4 is 9.47 Å². The van der Waals surface area contributed by atoms with Gasteiger partial charge in [-0.05, 0) is 62.5 Å². The van der Waals surface area contributed by atoms with Gasteiger partial charge in [0.2, 0.25) is 5.82 Å². The van der Waals surface area contributed by atoms with E-state index < -0.39 is 17.8 Å². The minimum absolute atomic E-state index is 0.0637. The smallest absolute Gasteiger partial charge is 0.443 e. The number of nitrogens with zero attached hydrogens (tertiary/aromatic N) is 7. The second-order valence-electron chi connectivity index (χ2n) is 12.2. The Morgan fingerprint density at radius 2 is 1.87 bits per heavy atom. The average molecular weight is 667 g/mol. The van der Waals surface area contributed by atoms with Crippen LogP contribution in [0.3, 0.4) is 0 Å². The van der Waals surface area contributed by atoms with Gasteiger partial charge in [0.15, 0.2) is 17.3 Å². The van der Waals surface area contributed by atoms with Crippen molar-refractivity contribution in [3.05, 3.63) is 76.7 Å². The number of likely N-dealkylation sites (tertiary alicyclic amines) is 1. The van der Waals surface area contributed by atoms with Gasteiger partial charge in [0, 0.05) is 25.3 Å². The highest BCUT2D eigenvalue weighted by atomic mass is 35.5. The van der Waals surface area contributed by atoms with E-state index in [2.05, 4.69) is 40.7 Å². The van der Waals surface area contributed by atoms with Crippen LogP contribution in [0, 0.1) is 0 Å². The van der Waals surface area contributed by atoms with Crippen molar-refractivity contribution in [3.63, 3.8) is 0 Å². The van der Waals surface area contributed by atoms with Crippen molar-refractivity contribution in [2.75, 3.05) is 19.7 Å². The molecule has 0 radical (unpaired) electrons. The van der Waals surface area contributed by atoms with Gasteiger partial charge in [-0.1, -0.05) is 23.7 Å². The number of para-hydroxylation sites is 1. The molecule has 8 rings (SSSR count). The summed E-state index contributed by atoms with van der Waals surface area (Å²) in [5.74, 6) is 0.307. The average Bonchev–Trinajstić information content (AvgIpc) is 3.75. The molecule has 0 aliphatic carbocycles. The molecule has 3 aliphatic rings. The highest BCUT2D eigenvalue weighted by molar-refractivity contribution is 6.30. The van der Waals surface area contributed by atoms with E-state index in [4.69, 9.17) is 30.8 Å². The van der Waals surface area contributed by atoms with Crippen molar-refractivity contribution in [1.82, 2.24) is 39.6 Å². The van der Waals surface area contributed by atoms with Gasteiger partial charge in [0.25, 0.3) is 5.79 Å². The number of H-pyrrole nitrogens is 1. The zero-order chi connectivity index (χ0) is 32.3. The highest BCUT2D eigenvalue weighted by Gasteiger charge is 2.42. The number of halogens is 4. The first-order valence-electron chi connectivity index (χ1n) is 15.5. The molecule has 5 aromatic rings. The van der Waals surface area contributed by atoms with Gasteiger partial charge >= 0.3 is 6.18 Å². The van der Waals surface area contributed by atoms with Gasteiger partial charge in [-0.2, -0.15) is 13.2 Å². The minimum atomic E-state index is -4.63. The molecule has 0 spiro atoms. The van der Waals surface area contributed by atoms with Crippen molar-refractivity contribution in [3.8, 4) is 23.0 Å². The van der Waals surface area contributed by atoms with Gasteiger partial charge in [-0.3, -0.25) is 14.9 Å². The SMILES string of the molecule is CC1(c2ccc(Cl)cn2)Oc2cccc(C3CCN(Cc4nc5cc(-c6nnc(C(F)(F)F)[nH]6)ncc5n4C[C@@H]4CCO4)CC3)c2O1. The molecule has 4 aromatic heterocycles. The Hall–Kier alpha value is -4.27. The fourth-order valence-electron chi connectivity index (χ4n) is 6.48. The summed E-state index contributed by atoms with van der Waals surface area (Å²) in [4.78, 5) is 18.4. The molecule has 2 saturated heterocycles. The molecule has 0 amide bonds. The molecule has 2 atom stereocenters. The fourth-order valence-corrected chi connectivity index (χ4v) is 6.60. The minimum Gasteiger partial charge on any atom is -0.443 e. The Labute approximate surface area is 272 Å². The predicted octanol–water partition coefficient (Wildman–Crippen LogP) is 6.10. The maximum Gasteiger partial charge on any atom is 0.451 e. The number of aromatic amines is 1. The quantitative estimate of drug-likeness (QED) is 0.220. The molecule has 0 bridgehead atoms. The van der Waals surface area contributed by atoms with Gasteiger partial charge < -0.3 is 23.8 Å². The first-order valence-corrected chi connectivity index (χ1v) is 15.8. The first-order chi connectivity index (χ1) is 22.6. The molecule has 15 heteroatoms. The summed E-state index contributed by atoms with van der Waals surface area (Å²) in [6.45, 7) is 5.50. The number of alkyl halides is 3. The Kier molecular flexibility index (Phi) is 7.33. The lowest BCUT2D eigenvalue weighted by molar-refractivity contribution is -0.144. The van der Waals surface area contributed by atoms with Crippen molar-refractivity contribution in [1.29, 1.82) is 0 Å². The number of nitrogens with one attached hydrogen (secondary N) is 1. The van der Waals surface area contributed by atoms with Crippen molar-refractivity contribution in [2.24, 2.45) is 0 Å². The van der Waals surface area contributed by atoms with Gasteiger partial charge in [-0.25, -0.2) is 4.98 Å². The molecular formula is C32H30ClF3N8O3. The Bertz CT molecular complexity index is 1940. The second-order valence-corrected chi connectivity index (χ2v) is 12.7. The number of rotatable bonds is 7. The molecule has 244 valence electrons. The van der Waals surface area contributed by atoms with Crippen LogP contribution in [0.4, 0.5) is 13.2 Å².